The third kappa shape index (κ3) is 16.9. The van der Waals surface area contributed by atoms with Gasteiger partial charge in [0.15, 0.2) is 0 Å². The molecule has 2 N–H and O–H groups in total. The van der Waals surface area contributed by atoms with Crippen LogP contribution >= 0.6 is 0 Å². The Morgan fingerprint density at radius 1 is 0.615 bits per heavy atom. The third-order valence-electron chi connectivity index (χ3n) is 5.12. The number of rotatable bonds is 17. The maximum absolute atomic E-state index is 9.79. The molecule has 0 aliphatic heterocycles. The van der Waals surface area contributed by atoms with E-state index in [2.05, 4.69) is 25.7 Å². The predicted molar refractivity (Wildman–Crippen MR) is 114 cm³/mol. The van der Waals surface area contributed by atoms with Crippen molar-refractivity contribution < 1.29 is 10.2 Å². The van der Waals surface area contributed by atoms with Gasteiger partial charge in [-0.25, -0.2) is 0 Å². The summed E-state index contributed by atoms with van der Waals surface area (Å²) in [5.41, 5.74) is 0. The van der Waals surface area contributed by atoms with Crippen LogP contribution in [0.25, 0.3) is 0 Å². The minimum absolute atomic E-state index is 0.318. The van der Waals surface area contributed by atoms with Crippen molar-refractivity contribution in [1.29, 1.82) is 0 Å². The standard InChI is InChI=1S/C24H46O2/c1-4-7-8-9-10-11-12-13-14-15-16-17-19-23(18-5-2)20-22-24(25,26)21-6-3/h23,25-26H,4-19,21H2,1-3H3. The van der Waals surface area contributed by atoms with E-state index in [0.717, 1.165) is 25.7 Å². The van der Waals surface area contributed by atoms with E-state index in [-0.39, 0.29) is 0 Å². The second-order valence-corrected chi connectivity index (χ2v) is 8.00. The van der Waals surface area contributed by atoms with E-state index in [1.54, 1.807) is 0 Å². The van der Waals surface area contributed by atoms with Crippen LogP contribution in [0.15, 0.2) is 0 Å². The lowest BCUT2D eigenvalue weighted by Crippen LogP contribution is -2.25. The van der Waals surface area contributed by atoms with E-state index in [1.165, 1.54) is 77.0 Å². The van der Waals surface area contributed by atoms with Crippen molar-refractivity contribution in [1.82, 2.24) is 0 Å². The second-order valence-electron chi connectivity index (χ2n) is 8.00. The summed E-state index contributed by atoms with van der Waals surface area (Å²) >= 11 is 0. The fraction of sp³-hybridized carbons (Fsp3) is 0.917. The Bertz CT molecular complexity index is 351. The summed E-state index contributed by atoms with van der Waals surface area (Å²) in [5.74, 6) is 4.36. The summed E-state index contributed by atoms with van der Waals surface area (Å²) in [6.45, 7) is 6.39. The first kappa shape index (κ1) is 25.5. The molecule has 0 spiro atoms. The minimum atomic E-state index is -1.79. The normalized spacial score (nSPS) is 12.7. The second kappa shape index (κ2) is 17.9. The highest BCUT2D eigenvalue weighted by Crippen LogP contribution is 2.18. The molecule has 2 heteroatoms. The van der Waals surface area contributed by atoms with Crippen molar-refractivity contribution in [3.05, 3.63) is 0 Å². The molecule has 0 aliphatic rings. The van der Waals surface area contributed by atoms with Gasteiger partial charge in [0.1, 0.15) is 0 Å². The third-order valence-corrected chi connectivity index (χ3v) is 5.12. The highest BCUT2D eigenvalue weighted by atomic mass is 16.5. The molecule has 0 fully saturated rings. The molecule has 0 heterocycles. The molecule has 0 saturated heterocycles. The van der Waals surface area contributed by atoms with Crippen molar-refractivity contribution in [2.45, 2.75) is 136 Å². The van der Waals surface area contributed by atoms with Crippen LogP contribution in [0.5, 0.6) is 0 Å². The van der Waals surface area contributed by atoms with Crippen LogP contribution in [-0.4, -0.2) is 16.0 Å². The van der Waals surface area contributed by atoms with Crippen molar-refractivity contribution in [3.63, 3.8) is 0 Å². The van der Waals surface area contributed by atoms with Gasteiger partial charge in [-0.1, -0.05) is 110 Å². The molecule has 0 radical (unpaired) electrons. The Balaban J connectivity index is 3.71. The Morgan fingerprint density at radius 2 is 1.12 bits per heavy atom. The van der Waals surface area contributed by atoms with Gasteiger partial charge in [-0.05, 0) is 25.2 Å². The van der Waals surface area contributed by atoms with Crippen LogP contribution in [0.2, 0.25) is 0 Å². The van der Waals surface area contributed by atoms with Gasteiger partial charge in [0.2, 0.25) is 5.79 Å². The first-order valence-electron chi connectivity index (χ1n) is 11.5. The maximum atomic E-state index is 9.79. The average Bonchev–Trinajstić information content (AvgIpc) is 2.60. The average molecular weight is 367 g/mol. The SMILES string of the molecule is CCCCCCCCCCCCCCC(C#CC(O)(O)CCC)CCC. The van der Waals surface area contributed by atoms with Gasteiger partial charge in [0, 0.05) is 12.3 Å². The minimum Gasteiger partial charge on any atom is -0.356 e. The van der Waals surface area contributed by atoms with Crippen molar-refractivity contribution in [2.75, 3.05) is 0 Å². The molecular weight excluding hydrogens is 320 g/mol. The van der Waals surface area contributed by atoms with E-state index < -0.39 is 5.79 Å². The van der Waals surface area contributed by atoms with E-state index in [9.17, 15) is 10.2 Å². The lowest BCUT2D eigenvalue weighted by atomic mass is 9.95. The van der Waals surface area contributed by atoms with Gasteiger partial charge in [0.25, 0.3) is 0 Å². The van der Waals surface area contributed by atoms with Crippen molar-refractivity contribution in [2.24, 2.45) is 5.92 Å². The zero-order valence-electron chi connectivity index (χ0n) is 18.0. The Labute approximate surface area is 164 Å². The molecule has 0 aromatic carbocycles. The number of unbranched alkanes of at least 4 members (excludes halogenated alkanes) is 11. The quantitative estimate of drug-likeness (QED) is 0.166. The van der Waals surface area contributed by atoms with E-state index in [1.807, 2.05) is 6.92 Å². The molecule has 154 valence electrons. The summed E-state index contributed by atoms with van der Waals surface area (Å²) in [7, 11) is 0. The van der Waals surface area contributed by atoms with Crippen LogP contribution in [-0.2, 0) is 0 Å². The van der Waals surface area contributed by atoms with Gasteiger partial charge >= 0.3 is 0 Å². The van der Waals surface area contributed by atoms with Gasteiger partial charge in [-0.3, -0.25) is 0 Å². The molecule has 0 aliphatic carbocycles. The monoisotopic (exact) mass is 366 g/mol. The van der Waals surface area contributed by atoms with Crippen LogP contribution in [0.3, 0.4) is 0 Å². The lowest BCUT2D eigenvalue weighted by molar-refractivity contribution is -0.114. The fourth-order valence-corrected chi connectivity index (χ4v) is 3.50. The zero-order valence-corrected chi connectivity index (χ0v) is 18.0. The fourth-order valence-electron chi connectivity index (χ4n) is 3.50. The Kier molecular flexibility index (Phi) is 17.5. The smallest absolute Gasteiger partial charge is 0.228 e. The predicted octanol–water partition coefficient (Wildman–Crippen LogP) is 6.98. The summed E-state index contributed by atoms with van der Waals surface area (Å²) < 4.78 is 0. The van der Waals surface area contributed by atoms with E-state index in [4.69, 9.17) is 0 Å². The summed E-state index contributed by atoms with van der Waals surface area (Å²) in [4.78, 5) is 0. The first-order chi connectivity index (χ1) is 12.6. The highest BCUT2D eigenvalue weighted by Gasteiger charge is 2.18. The van der Waals surface area contributed by atoms with Crippen LogP contribution in [0.1, 0.15) is 130 Å². The summed E-state index contributed by atoms with van der Waals surface area (Å²) in [6, 6.07) is 0. The Morgan fingerprint density at radius 3 is 1.58 bits per heavy atom. The van der Waals surface area contributed by atoms with E-state index >= 15 is 0 Å². The van der Waals surface area contributed by atoms with E-state index in [0.29, 0.717) is 12.3 Å². The van der Waals surface area contributed by atoms with Crippen LogP contribution < -0.4 is 0 Å². The molecule has 0 bridgehead atoms. The molecule has 1 atom stereocenters. The highest BCUT2D eigenvalue weighted by molar-refractivity contribution is 5.11. The van der Waals surface area contributed by atoms with Crippen LogP contribution in [0, 0.1) is 17.8 Å². The van der Waals surface area contributed by atoms with Crippen molar-refractivity contribution in [3.8, 4) is 11.8 Å². The molecule has 0 aromatic heterocycles. The number of aliphatic hydroxyl groups is 2. The topological polar surface area (TPSA) is 40.5 Å². The lowest BCUT2D eigenvalue weighted by Gasteiger charge is -2.14. The molecule has 0 aromatic rings. The van der Waals surface area contributed by atoms with Crippen molar-refractivity contribution >= 4 is 0 Å². The number of hydrogen-bond donors (Lipinski definition) is 2. The maximum Gasteiger partial charge on any atom is 0.228 e. The first-order valence-corrected chi connectivity index (χ1v) is 11.5. The molecule has 1 unspecified atom stereocenters. The van der Waals surface area contributed by atoms with Gasteiger partial charge in [0.05, 0.1) is 0 Å². The molecule has 2 nitrogen and oxygen atoms in total. The molecule has 26 heavy (non-hydrogen) atoms. The molecule has 0 rings (SSSR count). The van der Waals surface area contributed by atoms with Gasteiger partial charge < -0.3 is 10.2 Å². The van der Waals surface area contributed by atoms with Gasteiger partial charge in [-0.15, -0.1) is 0 Å². The molecule has 0 saturated carbocycles. The zero-order chi connectivity index (χ0) is 19.5. The van der Waals surface area contributed by atoms with Gasteiger partial charge in [-0.2, -0.15) is 0 Å². The summed E-state index contributed by atoms with van der Waals surface area (Å²) in [6.07, 6.45) is 20.8. The largest absolute Gasteiger partial charge is 0.356 e. The molecular formula is C24H46O2. The Hall–Kier alpha value is -0.520. The summed E-state index contributed by atoms with van der Waals surface area (Å²) in [5, 5.41) is 19.6. The van der Waals surface area contributed by atoms with Crippen LogP contribution in [0.4, 0.5) is 0 Å². The molecule has 0 amide bonds. The number of hydrogen-bond acceptors (Lipinski definition) is 2.